The molecule has 0 bridgehead atoms. The molecule has 3 aromatic rings. The number of aliphatic hydroxyl groups excluding tert-OH is 1. The van der Waals surface area contributed by atoms with Gasteiger partial charge >= 0.3 is 0 Å². The van der Waals surface area contributed by atoms with Crippen molar-refractivity contribution in [3.63, 3.8) is 0 Å². The number of nitrogens with one attached hydrogen (secondary N) is 2. The average Bonchev–Trinajstić information content (AvgIpc) is 3.05. The molecule has 5 heterocycles. The number of carbonyl (C=O) groups is 2. The van der Waals surface area contributed by atoms with Crippen LogP contribution in [-0.4, -0.2) is 59.2 Å². The van der Waals surface area contributed by atoms with Gasteiger partial charge < -0.3 is 25.5 Å². The molecule has 3 N–H and O–H groups in total. The third-order valence-corrected chi connectivity index (χ3v) is 8.38. The normalized spacial score (nSPS) is 18.6. The summed E-state index contributed by atoms with van der Waals surface area (Å²) in [4.78, 5) is 39.0. The number of piperidine rings is 2. The molecule has 2 aromatic heterocycles. The minimum absolute atomic E-state index is 0.145. The Balaban J connectivity index is 1.23. The second-order valence-electron chi connectivity index (χ2n) is 11.4. The molecule has 3 aliphatic rings. The highest BCUT2D eigenvalue weighted by molar-refractivity contribution is 6.03. The molecule has 0 aliphatic carbocycles. The highest BCUT2D eigenvalue weighted by atomic mass is 16.3. The van der Waals surface area contributed by atoms with E-state index in [1.54, 1.807) is 24.3 Å². The summed E-state index contributed by atoms with van der Waals surface area (Å²) >= 11 is 0. The molecule has 2 saturated heterocycles. The van der Waals surface area contributed by atoms with Crippen molar-refractivity contribution in [1.29, 1.82) is 0 Å². The first-order valence-electron chi connectivity index (χ1n) is 15.3. The number of fused-ring (bicyclic) bond motifs is 1. The Morgan fingerprint density at radius 1 is 0.860 bits per heavy atom. The van der Waals surface area contributed by atoms with E-state index in [1.165, 1.54) is 44.6 Å². The summed E-state index contributed by atoms with van der Waals surface area (Å²) in [6.45, 7) is 4.13. The number of rotatable bonds is 7. The molecule has 43 heavy (non-hydrogen) atoms. The second kappa shape index (κ2) is 13.2. The lowest BCUT2D eigenvalue weighted by Gasteiger charge is -2.28. The number of hydrogen-bond acceptors (Lipinski definition) is 7. The number of pyridine rings is 2. The summed E-state index contributed by atoms with van der Waals surface area (Å²) in [6.07, 6.45) is 15.2. The van der Waals surface area contributed by atoms with E-state index in [2.05, 4.69) is 44.7 Å². The van der Waals surface area contributed by atoms with Gasteiger partial charge in [-0.1, -0.05) is 18.2 Å². The molecule has 2 fully saturated rings. The molecular weight excluding hydrogens is 540 g/mol. The monoisotopic (exact) mass is 578 g/mol. The maximum atomic E-state index is 12.9. The van der Waals surface area contributed by atoms with Gasteiger partial charge in [0.15, 0.2) is 0 Å². The summed E-state index contributed by atoms with van der Waals surface area (Å²) < 4.78 is 0. The van der Waals surface area contributed by atoms with E-state index in [0.717, 1.165) is 54.5 Å². The molecule has 3 aliphatic heterocycles. The summed E-state index contributed by atoms with van der Waals surface area (Å²) in [5.74, 6) is 1.23. The van der Waals surface area contributed by atoms with Gasteiger partial charge in [0.05, 0.1) is 0 Å². The van der Waals surface area contributed by atoms with Crippen molar-refractivity contribution in [2.24, 2.45) is 0 Å². The molecule has 1 unspecified atom stereocenters. The zero-order valence-electron chi connectivity index (χ0n) is 24.3. The van der Waals surface area contributed by atoms with Crippen LogP contribution < -0.4 is 20.4 Å². The first kappa shape index (κ1) is 28.6. The lowest BCUT2D eigenvalue weighted by Crippen LogP contribution is -2.34. The molecule has 0 spiro atoms. The Bertz CT molecular complexity index is 1440. The standard InChI is InChI=1S/C34H38N6O3/c41-30-21-27-28(10-8-11-29(27)38-34(30)43)37-33(42)12-7-9-26(24-13-15-31(35-22-24)39-17-3-1-4-18-39)25-14-16-32(36-23-25)40-19-5-2-6-20-40/h7-16,22-23,30,41H,1-6,17-21H2,(H,37,42)(H,38,43). The molecule has 9 nitrogen and oxygen atoms in total. The fourth-order valence-electron chi connectivity index (χ4n) is 6.02. The van der Waals surface area contributed by atoms with E-state index in [4.69, 9.17) is 9.97 Å². The summed E-state index contributed by atoms with van der Waals surface area (Å²) in [5, 5.41) is 15.6. The van der Waals surface area contributed by atoms with Crippen molar-refractivity contribution >= 4 is 40.4 Å². The van der Waals surface area contributed by atoms with Crippen molar-refractivity contribution in [2.45, 2.75) is 51.0 Å². The minimum atomic E-state index is -1.14. The first-order valence-corrected chi connectivity index (χ1v) is 15.3. The Morgan fingerprint density at radius 2 is 1.47 bits per heavy atom. The molecule has 6 rings (SSSR count). The number of anilines is 4. The number of nitrogens with zero attached hydrogens (tertiary/aromatic N) is 4. The molecule has 222 valence electrons. The van der Waals surface area contributed by atoms with Gasteiger partial charge in [0.2, 0.25) is 5.91 Å². The van der Waals surface area contributed by atoms with Crippen LogP contribution in [0.5, 0.6) is 0 Å². The predicted molar refractivity (Wildman–Crippen MR) is 170 cm³/mol. The van der Waals surface area contributed by atoms with Gasteiger partial charge in [-0.25, -0.2) is 9.97 Å². The molecular formula is C34H38N6O3. The van der Waals surface area contributed by atoms with Gasteiger partial charge in [-0.3, -0.25) is 9.59 Å². The molecule has 1 aromatic carbocycles. The van der Waals surface area contributed by atoms with Crippen LogP contribution in [0.2, 0.25) is 0 Å². The van der Waals surface area contributed by atoms with Crippen molar-refractivity contribution < 1.29 is 14.7 Å². The van der Waals surface area contributed by atoms with Gasteiger partial charge in [0, 0.05) is 79.1 Å². The lowest BCUT2D eigenvalue weighted by atomic mass is 9.99. The van der Waals surface area contributed by atoms with Crippen LogP contribution in [-0.2, 0) is 16.0 Å². The first-order chi connectivity index (χ1) is 21.0. The van der Waals surface area contributed by atoms with E-state index in [9.17, 15) is 14.7 Å². The summed E-state index contributed by atoms with van der Waals surface area (Å²) in [5.41, 5.74) is 4.67. The number of aliphatic hydroxyl groups is 1. The zero-order valence-corrected chi connectivity index (χ0v) is 24.3. The lowest BCUT2D eigenvalue weighted by molar-refractivity contribution is -0.124. The van der Waals surface area contributed by atoms with Gasteiger partial charge in [-0.05, 0) is 80.5 Å². The van der Waals surface area contributed by atoms with Crippen LogP contribution in [0.15, 0.2) is 73.1 Å². The van der Waals surface area contributed by atoms with E-state index in [-0.39, 0.29) is 12.3 Å². The Kier molecular flexibility index (Phi) is 8.79. The van der Waals surface area contributed by atoms with E-state index in [0.29, 0.717) is 16.9 Å². The largest absolute Gasteiger partial charge is 0.383 e. The summed E-state index contributed by atoms with van der Waals surface area (Å²) in [6, 6.07) is 13.6. The van der Waals surface area contributed by atoms with Crippen LogP contribution in [0.3, 0.4) is 0 Å². The van der Waals surface area contributed by atoms with E-state index < -0.39 is 12.0 Å². The second-order valence-corrected chi connectivity index (χ2v) is 11.4. The number of allylic oxidation sites excluding steroid dienone is 2. The van der Waals surface area contributed by atoms with Crippen molar-refractivity contribution in [3.05, 3.63) is 89.8 Å². The van der Waals surface area contributed by atoms with Crippen molar-refractivity contribution in [2.75, 3.05) is 46.6 Å². The highest BCUT2D eigenvalue weighted by Gasteiger charge is 2.26. The third kappa shape index (κ3) is 6.78. The third-order valence-electron chi connectivity index (χ3n) is 8.38. The van der Waals surface area contributed by atoms with Crippen LogP contribution in [0.25, 0.3) is 5.57 Å². The maximum absolute atomic E-state index is 12.9. The maximum Gasteiger partial charge on any atom is 0.253 e. The number of amides is 2. The van der Waals surface area contributed by atoms with Crippen molar-refractivity contribution in [3.8, 4) is 0 Å². The summed E-state index contributed by atoms with van der Waals surface area (Å²) in [7, 11) is 0. The van der Waals surface area contributed by atoms with Crippen LogP contribution in [0, 0.1) is 0 Å². The molecule has 1 atom stereocenters. The number of aromatic nitrogens is 2. The fraction of sp³-hybridized carbons (Fsp3) is 0.353. The van der Waals surface area contributed by atoms with Gasteiger partial charge in [0.25, 0.3) is 5.91 Å². The van der Waals surface area contributed by atoms with Crippen LogP contribution in [0.4, 0.5) is 23.0 Å². The highest BCUT2D eigenvalue weighted by Crippen LogP contribution is 2.30. The van der Waals surface area contributed by atoms with Crippen LogP contribution >= 0.6 is 0 Å². The molecule has 2 amide bonds. The van der Waals surface area contributed by atoms with Gasteiger partial charge in [-0.15, -0.1) is 0 Å². The zero-order chi connectivity index (χ0) is 29.6. The Hall–Kier alpha value is -4.50. The smallest absolute Gasteiger partial charge is 0.253 e. The Morgan fingerprint density at radius 3 is 2.02 bits per heavy atom. The van der Waals surface area contributed by atoms with Crippen molar-refractivity contribution in [1.82, 2.24) is 9.97 Å². The minimum Gasteiger partial charge on any atom is -0.383 e. The van der Waals surface area contributed by atoms with Crippen LogP contribution in [0.1, 0.15) is 55.2 Å². The molecule has 9 heteroatoms. The number of carbonyl (C=O) groups excluding carboxylic acids is 2. The van der Waals surface area contributed by atoms with E-state index >= 15 is 0 Å². The predicted octanol–water partition coefficient (Wildman–Crippen LogP) is 4.94. The topological polar surface area (TPSA) is 111 Å². The quantitative estimate of drug-likeness (QED) is 0.269. The van der Waals surface area contributed by atoms with Gasteiger partial charge in [-0.2, -0.15) is 0 Å². The number of hydrogen-bond donors (Lipinski definition) is 3. The van der Waals surface area contributed by atoms with E-state index in [1.807, 2.05) is 18.5 Å². The van der Waals surface area contributed by atoms with Gasteiger partial charge in [0.1, 0.15) is 17.7 Å². The average molecular weight is 579 g/mol. The molecule has 0 radical (unpaired) electrons. The fourth-order valence-corrected chi connectivity index (χ4v) is 6.02. The Labute approximate surface area is 252 Å². The molecule has 0 saturated carbocycles. The number of benzene rings is 1. The SMILES string of the molecule is O=C(C=CC=C(c1ccc(N2CCCCC2)nc1)c1ccc(N2CCCCC2)nc1)Nc1cccc2c1CC(O)C(=O)N2.